The number of benzene rings is 1. The van der Waals surface area contributed by atoms with Crippen LogP contribution in [-0.4, -0.2) is 54.2 Å². The first-order chi connectivity index (χ1) is 10.7. The quantitative estimate of drug-likeness (QED) is 0.930. The Bertz CT molecular complexity index is 621. The average Bonchev–Trinajstić information content (AvgIpc) is 2.57. The highest BCUT2D eigenvalue weighted by Gasteiger charge is 2.16. The minimum absolute atomic E-state index is 0.247. The van der Waals surface area contributed by atoms with E-state index in [1.54, 1.807) is 6.07 Å². The summed E-state index contributed by atoms with van der Waals surface area (Å²) in [4.78, 5) is 16.6. The largest absolute Gasteiger partial charge is 0.353 e. The van der Waals surface area contributed by atoms with Gasteiger partial charge in [-0.05, 0) is 31.3 Å². The van der Waals surface area contributed by atoms with Crippen LogP contribution >= 0.6 is 0 Å². The van der Waals surface area contributed by atoms with Crippen molar-refractivity contribution in [2.75, 3.05) is 43.4 Å². The van der Waals surface area contributed by atoms with Gasteiger partial charge in [-0.3, -0.25) is 4.79 Å². The summed E-state index contributed by atoms with van der Waals surface area (Å²) in [5.41, 5.74) is 1.07. The molecule has 6 nitrogen and oxygen atoms in total. The van der Waals surface area contributed by atoms with Gasteiger partial charge in [0.1, 0.15) is 0 Å². The normalized spacial score (nSPS) is 15.6. The molecule has 1 amide bonds. The lowest BCUT2D eigenvalue weighted by Crippen LogP contribution is -2.44. The van der Waals surface area contributed by atoms with Crippen molar-refractivity contribution in [1.29, 1.82) is 0 Å². The topological polar surface area (TPSA) is 61.4 Å². The van der Waals surface area contributed by atoms with Gasteiger partial charge in [-0.1, -0.05) is 18.2 Å². The summed E-state index contributed by atoms with van der Waals surface area (Å²) in [5.74, 6) is 0.577. The van der Waals surface area contributed by atoms with Gasteiger partial charge in [0.25, 0.3) is 5.91 Å². The van der Waals surface area contributed by atoms with Gasteiger partial charge < -0.3 is 15.1 Å². The third-order valence-electron chi connectivity index (χ3n) is 3.74. The second kappa shape index (κ2) is 6.53. The summed E-state index contributed by atoms with van der Waals surface area (Å²) in [6.45, 7) is 3.89. The van der Waals surface area contributed by atoms with Crippen molar-refractivity contribution in [2.24, 2.45) is 0 Å². The highest BCUT2D eigenvalue weighted by Crippen LogP contribution is 2.13. The van der Waals surface area contributed by atoms with Crippen LogP contribution in [0.1, 0.15) is 10.5 Å². The zero-order valence-electron chi connectivity index (χ0n) is 12.6. The summed E-state index contributed by atoms with van der Waals surface area (Å²) in [6.07, 6.45) is 0. The van der Waals surface area contributed by atoms with E-state index in [0.717, 1.165) is 37.7 Å². The van der Waals surface area contributed by atoms with E-state index >= 15 is 0 Å². The molecule has 1 fully saturated rings. The lowest BCUT2D eigenvalue weighted by molar-refractivity contribution is 0.102. The molecule has 0 atom stereocenters. The maximum atomic E-state index is 12.1. The van der Waals surface area contributed by atoms with Gasteiger partial charge in [0.2, 0.25) is 0 Å². The molecule has 1 aliphatic rings. The first-order valence-corrected chi connectivity index (χ1v) is 7.36. The summed E-state index contributed by atoms with van der Waals surface area (Å²) in [7, 11) is 2.11. The minimum Gasteiger partial charge on any atom is -0.353 e. The molecule has 0 bridgehead atoms. The first-order valence-electron chi connectivity index (χ1n) is 7.36. The smallest absolute Gasteiger partial charge is 0.276 e. The summed E-state index contributed by atoms with van der Waals surface area (Å²) >= 11 is 0. The fourth-order valence-corrected chi connectivity index (χ4v) is 2.37. The van der Waals surface area contributed by atoms with Crippen LogP contribution in [0.2, 0.25) is 0 Å². The van der Waals surface area contributed by atoms with Crippen LogP contribution in [0, 0.1) is 0 Å². The first kappa shape index (κ1) is 14.5. The van der Waals surface area contributed by atoms with Gasteiger partial charge in [-0.25, -0.2) is 0 Å². The van der Waals surface area contributed by atoms with Crippen molar-refractivity contribution in [1.82, 2.24) is 15.1 Å². The molecule has 22 heavy (non-hydrogen) atoms. The Balaban J connectivity index is 1.65. The molecular weight excluding hydrogens is 278 g/mol. The average molecular weight is 297 g/mol. The van der Waals surface area contributed by atoms with Crippen LogP contribution in [0.15, 0.2) is 42.5 Å². The van der Waals surface area contributed by atoms with E-state index < -0.39 is 0 Å². The SMILES string of the molecule is CN1CCN(c2ccc(C(=O)Nc3ccccc3)nn2)CC1. The minimum atomic E-state index is -0.247. The molecule has 1 N–H and O–H groups in total. The van der Waals surface area contributed by atoms with E-state index in [1.807, 2.05) is 36.4 Å². The van der Waals surface area contributed by atoms with Crippen molar-refractivity contribution in [3.05, 3.63) is 48.2 Å². The number of hydrogen-bond acceptors (Lipinski definition) is 5. The molecule has 2 aromatic rings. The predicted octanol–water partition coefficient (Wildman–Crippen LogP) is 1.48. The van der Waals surface area contributed by atoms with Gasteiger partial charge in [0.05, 0.1) is 0 Å². The maximum Gasteiger partial charge on any atom is 0.276 e. The number of carbonyl (C=O) groups excluding carboxylic acids is 1. The number of nitrogens with one attached hydrogen (secondary N) is 1. The van der Waals surface area contributed by atoms with E-state index in [4.69, 9.17) is 0 Å². The zero-order valence-corrected chi connectivity index (χ0v) is 12.6. The third-order valence-corrected chi connectivity index (χ3v) is 3.74. The number of carbonyl (C=O) groups is 1. The Hall–Kier alpha value is -2.47. The van der Waals surface area contributed by atoms with Crippen molar-refractivity contribution in [2.45, 2.75) is 0 Å². The highest BCUT2D eigenvalue weighted by atomic mass is 16.1. The fraction of sp³-hybridized carbons (Fsp3) is 0.312. The van der Waals surface area contributed by atoms with Gasteiger partial charge in [0, 0.05) is 31.9 Å². The van der Waals surface area contributed by atoms with E-state index in [0.29, 0.717) is 5.69 Å². The van der Waals surface area contributed by atoms with Crippen LogP contribution in [0.25, 0.3) is 0 Å². The number of anilines is 2. The molecule has 0 radical (unpaired) electrons. The summed E-state index contributed by atoms with van der Waals surface area (Å²) < 4.78 is 0. The van der Waals surface area contributed by atoms with Crippen molar-refractivity contribution in [3.63, 3.8) is 0 Å². The lowest BCUT2D eigenvalue weighted by Gasteiger charge is -2.32. The molecule has 114 valence electrons. The van der Waals surface area contributed by atoms with Crippen molar-refractivity contribution >= 4 is 17.4 Å². The molecule has 0 unspecified atom stereocenters. The number of amides is 1. The van der Waals surface area contributed by atoms with Gasteiger partial charge >= 0.3 is 0 Å². The van der Waals surface area contributed by atoms with Gasteiger partial charge in [-0.15, -0.1) is 10.2 Å². The number of rotatable bonds is 3. The van der Waals surface area contributed by atoms with E-state index in [9.17, 15) is 4.79 Å². The van der Waals surface area contributed by atoms with Crippen LogP contribution in [-0.2, 0) is 0 Å². The Morgan fingerprint density at radius 1 is 1.00 bits per heavy atom. The molecule has 1 aromatic heterocycles. The highest BCUT2D eigenvalue weighted by molar-refractivity contribution is 6.02. The van der Waals surface area contributed by atoms with Gasteiger partial charge in [0.15, 0.2) is 11.5 Å². The maximum absolute atomic E-state index is 12.1. The second-order valence-electron chi connectivity index (χ2n) is 5.39. The predicted molar refractivity (Wildman–Crippen MR) is 86.1 cm³/mol. The third kappa shape index (κ3) is 3.40. The number of hydrogen-bond donors (Lipinski definition) is 1. The van der Waals surface area contributed by atoms with Crippen LogP contribution in [0.4, 0.5) is 11.5 Å². The Morgan fingerprint density at radius 2 is 1.73 bits per heavy atom. The molecule has 6 heteroatoms. The van der Waals surface area contributed by atoms with E-state index in [1.165, 1.54) is 0 Å². The molecular formula is C16H19N5O. The van der Waals surface area contributed by atoms with Crippen molar-refractivity contribution < 1.29 is 4.79 Å². The summed E-state index contributed by atoms with van der Waals surface area (Å²) in [5, 5.41) is 11.0. The molecule has 2 heterocycles. The lowest BCUT2D eigenvalue weighted by atomic mass is 10.3. The van der Waals surface area contributed by atoms with E-state index in [2.05, 4.69) is 32.4 Å². The zero-order chi connectivity index (χ0) is 15.4. The molecule has 1 saturated heterocycles. The monoisotopic (exact) mass is 297 g/mol. The fourth-order valence-electron chi connectivity index (χ4n) is 2.37. The Labute approximate surface area is 129 Å². The number of piperazine rings is 1. The number of nitrogens with zero attached hydrogens (tertiary/aromatic N) is 4. The second-order valence-corrected chi connectivity index (χ2v) is 5.39. The Kier molecular flexibility index (Phi) is 4.29. The standard InChI is InChI=1S/C16H19N5O/c1-20-9-11-21(12-10-20)15-8-7-14(18-19-15)16(22)17-13-5-3-2-4-6-13/h2-8H,9-12H2,1H3,(H,17,22). The van der Waals surface area contributed by atoms with E-state index in [-0.39, 0.29) is 5.91 Å². The Morgan fingerprint density at radius 3 is 2.36 bits per heavy atom. The van der Waals surface area contributed by atoms with Gasteiger partial charge in [-0.2, -0.15) is 0 Å². The van der Waals surface area contributed by atoms with Crippen LogP contribution < -0.4 is 10.2 Å². The summed E-state index contributed by atoms with van der Waals surface area (Å²) in [6, 6.07) is 12.9. The molecule has 0 spiro atoms. The molecule has 3 rings (SSSR count). The molecule has 1 aromatic carbocycles. The number of para-hydroxylation sites is 1. The molecule has 0 aliphatic carbocycles. The number of aromatic nitrogens is 2. The van der Waals surface area contributed by atoms with Crippen LogP contribution in [0.3, 0.4) is 0 Å². The number of likely N-dealkylation sites (N-methyl/N-ethyl adjacent to an activating group) is 1. The molecule has 0 saturated carbocycles. The van der Waals surface area contributed by atoms with Crippen LogP contribution in [0.5, 0.6) is 0 Å². The van der Waals surface area contributed by atoms with Crippen molar-refractivity contribution in [3.8, 4) is 0 Å². The molecule has 1 aliphatic heterocycles.